The van der Waals surface area contributed by atoms with Gasteiger partial charge in [-0.15, -0.1) is 0 Å². The van der Waals surface area contributed by atoms with Crippen molar-refractivity contribution in [3.63, 3.8) is 0 Å². The van der Waals surface area contributed by atoms with Crippen LogP contribution in [-0.2, 0) is 17.8 Å². The van der Waals surface area contributed by atoms with Crippen LogP contribution in [0.15, 0.2) is 53.5 Å². The van der Waals surface area contributed by atoms with Crippen LogP contribution in [0, 0.1) is 11.7 Å². The monoisotopic (exact) mass is 421 g/mol. The third kappa shape index (κ3) is 3.85. The molecular weight excluding hydrogens is 397 g/mol. The average Bonchev–Trinajstić information content (AvgIpc) is 3.49. The summed E-state index contributed by atoms with van der Waals surface area (Å²) < 4.78 is 14.2. The van der Waals surface area contributed by atoms with Gasteiger partial charge in [-0.25, -0.2) is 14.2 Å². The number of benzene rings is 2. The lowest BCUT2D eigenvalue weighted by atomic mass is 10.1. The fraction of sp³-hybridized carbons (Fsp3) is 0.348. The molecule has 7 nitrogen and oxygen atoms in total. The minimum atomic E-state index is -0.660. The molecule has 3 amide bonds. The van der Waals surface area contributed by atoms with Gasteiger partial charge in [0, 0.05) is 24.2 Å². The maximum absolute atomic E-state index is 14.2. The van der Waals surface area contributed by atoms with Gasteiger partial charge in [-0.2, -0.15) is 0 Å². The summed E-state index contributed by atoms with van der Waals surface area (Å²) in [4.78, 5) is 34.0. The number of aliphatic imine (C=N–C) groups is 1. The zero-order valence-electron chi connectivity index (χ0n) is 17.0. The first kappa shape index (κ1) is 19.5. The van der Waals surface area contributed by atoms with Gasteiger partial charge in [0.25, 0.3) is 5.91 Å². The highest BCUT2D eigenvalue weighted by atomic mass is 19.1. The quantitative estimate of drug-likeness (QED) is 0.702. The number of nitrogen functional groups attached to an aromatic ring is 1. The molecule has 2 aromatic carbocycles. The first-order valence-corrected chi connectivity index (χ1v) is 10.5. The number of nitrogens with one attached hydrogen (secondary N) is 1. The molecule has 2 fully saturated rings. The van der Waals surface area contributed by atoms with Gasteiger partial charge >= 0.3 is 6.03 Å². The number of imide groups is 1. The lowest BCUT2D eigenvalue weighted by molar-refractivity contribution is -0.135. The predicted molar refractivity (Wildman–Crippen MR) is 114 cm³/mol. The van der Waals surface area contributed by atoms with Crippen molar-refractivity contribution in [1.82, 2.24) is 15.1 Å². The third-order valence-electron chi connectivity index (χ3n) is 6.03. The number of nitrogens with two attached hydrogens (primary N) is 1. The molecule has 2 aliphatic heterocycles. The maximum atomic E-state index is 14.2. The molecule has 8 heteroatoms. The molecular formula is C23H24FN5O2. The summed E-state index contributed by atoms with van der Waals surface area (Å²) in [5, 5.41) is 3.22. The summed E-state index contributed by atoms with van der Waals surface area (Å²) in [6, 6.07) is 12.6. The molecule has 2 atom stereocenters. The highest BCUT2D eigenvalue weighted by Crippen LogP contribution is 2.34. The van der Waals surface area contributed by atoms with Crippen molar-refractivity contribution < 1.29 is 14.0 Å². The molecule has 1 aliphatic carbocycles. The molecule has 0 radical (unpaired) electrons. The number of rotatable bonds is 6. The largest absolute Gasteiger partial charge is 0.399 e. The van der Waals surface area contributed by atoms with Crippen molar-refractivity contribution >= 4 is 23.5 Å². The normalized spacial score (nSPS) is 22.9. The number of nitrogens with zero attached hydrogens (tertiary/aromatic N) is 3. The molecule has 3 aliphatic rings. The Kier molecular flexibility index (Phi) is 4.84. The van der Waals surface area contributed by atoms with Gasteiger partial charge in [0.1, 0.15) is 17.7 Å². The minimum Gasteiger partial charge on any atom is -0.399 e. The van der Waals surface area contributed by atoms with Gasteiger partial charge in [0.05, 0.1) is 6.54 Å². The van der Waals surface area contributed by atoms with Crippen LogP contribution in [0.5, 0.6) is 0 Å². The summed E-state index contributed by atoms with van der Waals surface area (Å²) in [5.74, 6) is 0.291. The van der Waals surface area contributed by atoms with Gasteiger partial charge in [0.15, 0.2) is 6.17 Å². The van der Waals surface area contributed by atoms with Crippen LogP contribution in [0.4, 0.5) is 14.9 Å². The van der Waals surface area contributed by atoms with Crippen LogP contribution < -0.4 is 11.1 Å². The molecule has 2 heterocycles. The smallest absolute Gasteiger partial charge is 0.328 e. The lowest BCUT2D eigenvalue weighted by Gasteiger charge is -2.40. The summed E-state index contributed by atoms with van der Waals surface area (Å²) in [5.41, 5.74) is 7.76. The second kappa shape index (κ2) is 7.68. The molecule has 31 heavy (non-hydrogen) atoms. The Bertz CT molecular complexity index is 1050. The van der Waals surface area contributed by atoms with Gasteiger partial charge in [-0.3, -0.25) is 14.6 Å². The molecule has 2 unspecified atom stereocenters. The van der Waals surface area contributed by atoms with Crippen molar-refractivity contribution in [1.29, 1.82) is 0 Å². The number of urea groups is 1. The average molecular weight is 421 g/mol. The van der Waals surface area contributed by atoms with Crippen LogP contribution in [0.1, 0.15) is 24.0 Å². The molecule has 1 saturated carbocycles. The van der Waals surface area contributed by atoms with E-state index in [-0.39, 0.29) is 12.5 Å². The van der Waals surface area contributed by atoms with E-state index in [0.717, 1.165) is 23.3 Å². The Morgan fingerprint density at radius 2 is 1.84 bits per heavy atom. The Morgan fingerprint density at radius 3 is 2.55 bits per heavy atom. The topological polar surface area (TPSA) is 91.0 Å². The van der Waals surface area contributed by atoms with Crippen LogP contribution in [0.25, 0.3) is 0 Å². The Labute approximate surface area is 179 Å². The van der Waals surface area contributed by atoms with Gasteiger partial charge in [-0.05, 0) is 42.5 Å². The molecule has 2 aromatic rings. The second-order valence-electron chi connectivity index (χ2n) is 8.42. The Balaban J connectivity index is 1.40. The first-order valence-electron chi connectivity index (χ1n) is 10.5. The van der Waals surface area contributed by atoms with E-state index >= 15 is 0 Å². The number of hydrogen-bond donors (Lipinski definition) is 2. The first-order chi connectivity index (χ1) is 15.0. The third-order valence-corrected chi connectivity index (χ3v) is 6.03. The molecule has 0 spiro atoms. The molecule has 5 rings (SSSR count). The fourth-order valence-corrected chi connectivity index (χ4v) is 4.13. The number of carbonyl (C=O) groups excluding carboxylic acids is 2. The van der Waals surface area contributed by atoms with Gasteiger partial charge < -0.3 is 11.1 Å². The standard InChI is InChI=1S/C23H24FN5O2/c24-18-4-2-1-3-16(18)13-29-22(30)20-21(28(23(29)31)12-15-5-6-15)27-19(26-20)11-14-7-9-17(25)10-8-14/h1-4,7-10,15,20-21H,5-6,11-13,25H2,(H,26,27). The van der Waals surface area contributed by atoms with E-state index in [0.29, 0.717) is 36.0 Å². The van der Waals surface area contributed by atoms with Crippen molar-refractivity contribution in [3.05, 3.63) is 65.5 Å². The molecule has 3 N–H and O–H groups in total. The van der Waals surface area contributed by atoms with Gasteiger partial charge in [-0.1, -0.05) is 30.3 Å². The summed E-state index contributed by atoms with van der Waals surface area (Å²) in [6.45, 7) is 0.463. The molecule has 0 bridgehead atoms. The second-order valence-corrected chi connectivity index (χ2v) is 8.42. The fourth-order valence-electron chi connectivity index (χ4n) is 4.13. The number of carbonyl (C=O) groups is 2. The number of hydrogen-bond acceptors (Lipinski definition) is 5. The summed E-state index contributed by atoms with van der Waals surface area (Å²) in [7, 11) is 0. The van der Waals surface area contributed by atoms with Crippen molar-refractivity contribution in [2.45, 2.75) is 38.0 Å². The van der Waals surface area contributed by atoms with E-state index in [1.165, 1.54) is 6.07 Å². The maximum Gasteiger partial charge on any atom is 0.328 e. The lowest BCUT2D eigenvalue weighted by Crippen LogP contribution is -2.65. The Hall–Kier alpha value is -3.42. The van der Waals surface area contributed by atoms with E-state index in [9.17, 15) is 14.0 Å². The van der Waals surface area contributed by atoms with E-state index in [1.807, 2.05) is 24.3 Å². The zero-order chi connectivity index (χ0) is 21.5. The summed E-state index contributed by atoms with van der Waals surface area (Å²) in [6.07, 6.45) is 2.08. The number of amidine groups is 1. The SMILES string of the molecule is Nc1ccc(CC2=NC3C(N2)C(=O)N(Cc2ccccc2F)C(=O)N3CC2CC2)cc1. The summed E-state index contributed by atoms with van der Waals surface area (Å²) >= 11 is 0. The van der Waals surface area contributed by atoms with E-state index in [1.54, 1.807) is 23.1 Å². The highest BCUT2D eigenvalue weighted by Gasteiger charge is 2.50. The number of anilines is 1. The number of amides is 3. The molecule has 1 saturated heterocycles. The van der Waals surface area contributed by atoms with Gasteiger partial charge in [0.2, 0.25) is 0 Å². The predicted octanol–water partition coefficient (Wildman–Crippen LogP) is 2.52. The Morgan fingerprint density at radius 1 is 1.10 bits per heavy atom. The van der Waals surface area contributed by atoms with E-state index in [4.69, 9.17) is 10.7 Å². The zero-order valence-corrected chi connectivity index (χ0v) is 17.0. The highest BCUT2D eigenvalue weighted by molar-refractivity contribution is 6.04. The van der Waals surface area contributed by atoms with Crippen LogP contribution >= 0.6 is 0 Å². The van der Waals surface area contributed by atoms with Crippen molar-refractivity contribution in [2.75, 3.05) is 12.3 Å². The van der Waals surface area contributed by atoms with Crippen molar-refractivity contribution in [3.8, 4) is 0 Å². The molecule has 160 valence electrons. The van der Waals surface area contributed by atoms with Crippen molar-refractivity contribution in [2.24, 2.45) is 10.9 Å². The van der Waals surface area contributed by atoms with E-state index < -0.39 is 24.1 Å². The van der Waals surface area contributed by atoms with E-state index in [2.05, 4.69) is 5.32 Å². The van der Waals surface area contributed by atoms with Crippen LogP contribution in [0.3, 0.4) is 0 Å². The number of halogens is 1. The molecule has 0 aromatic heterocycles. The van der Waals surface area contributed by atoms with Crippen LogP contribution in [0.2, 0.25) is 0 Å². The van der Waals surface area contributed by atoms with Crippen LogP contribution in [-0.4, -0.2) is 46.3 Å². The minimum absolute atomic E-state index is 0.0935. The number of fused-ring (bicyclic) bond motifs is 1.